The maximum Gasteiger partial charge on any atom is 0.277 e. The SMILES string of the molecule is Cc1ccc(-n2cc(C(=O)Nc3cccc(CS(=O)C4CCOCC4)c3)nn2)cc1. The Hall–Kier alpha value is -2.84. The molecule has 4 rings (SSSR count). The number of hydrogen-bond donors (Lipinski definition) is 1. The number of carbonyl (C=O) groups is 1. The fourth-order valence-electron chi connectivity index (χ4n) is 3.35. The van der Waals surface area contributed by atoms with Crippen LogP contribution >= 0.6 is 0 Å². The molecule has 1 fully saturated rings. The highest BCUT2D eigenvalue weighted by Gasteiger charge is 2.20. The number of amides is 1. The molecule has 30 heavy (non-hydrogen) atoms. The molecule has 0 aliphatic carbocycles. The molecular weight excluding hydrogens is 400 g/mol. The van der Waals surface area contributed by atoms with Crippen LogP contribution in [-0.4, -0.2) is 43.6 Å². The van der Waals surface area contributed by atoms with Crippen LogP contribution in [0.15, 0.2) is 54.7 Å². The summed E-state index contributed by atoms with van der Waals surface area (Å²) in [5, 5.41) is 11.1. The summed E-state index contributed by atoms with van der Waals surface area (Å²) in [5.74, 6) is 0.133. The minimum absolute atomic E-state index is 0.175. The second-order valence-corrected chi connectivity index (χ2v) is 9.09. The zero-order chi connectivity index (χ0) is 20.9. The number of ether oxygens (including phenoxy) is 1. The lowest BCUT2D eigenvalue weighted by molar-refractivity contribution is 0.0991. The number of anilines is 1. The molecule has 1 aromatic heterocycles. The Morgan fingerprint density at radius 2 is 1.97 bits per heavy atom. The van der Waals surface area contributed by atoms with E-state index in [1.807, 2.05) is 55.5 Å². The van der Waals surface area contributed by atoms with E-state index in [4.69, 9.17) is 4.74 Å². The fraction of sp³-hybridized carbons (Fsp3) is 0.318. The molecule has 1 N–H and O–H groups in total. The number of aromatic nitrogens is 3. The summed E-state index contributed by atoms with van der Waals surface area (Å²) in [4.78, 5) is 12.6. The number of nitrogens with zero attached hydrogens (tertiary/aromatic N) is 3. The van der Waals surface area contributed by atoms with Gasteiger partial charge in [0, 0.05) is 40.7 Å². The molecule has 0 spiro atoms. The topological polar surface area (TPSA) is 86.1 Å². The van der Waals surface area contributed by atoms with Gasteiger partial charge in [0.2, 0.25) is 0 Å². The van der Waals surface area contributed by atoms with Gasteiger partial charge in [0.05, 0.1) is 11.9 Å². The van der Waals surface area contributed by atoms with E-state index in [9.17, 15) is 9.00 Å². The highest BCUT2D eigenvalue weighted by molar-refractivity contribution is 7.84. The van der Waals surface area contributed by atoms with Crippen molar-refractivity contribution in [2.75, 3.05) is 18.5 Å². The largest absolute Gasteiger partial charge is 0.381 e. The van der Waals surface area contributed by atoms with Crippen molar-refractivity contribution in [1.82, 2.24) is 15.0 Å². The fourth-order valence-corrected chi connectivity index (χ4v) is 4.81. The molecule has 7 nitrogen and oxygen atoms in total. The molecular formula is C22H24N4O3S. The number of rotatable bonds is 6. The van der Waals surface area contributed by atoms with Gasteiger partial charge in [-0.15, -0.1) is 5.10 Å². The third-order valence-corrected chi connectivity index (χ3v) is 6.89. The maximum absolute atomic E-state index is 12.6. The molecule has 0 saturated carbocycles. The highest BCUT2D eigenvalue weighted by atomic mass is 32.2. The van der Waals surface area contributed by atoms with Crippen LogP contribution in [-0.2, 0) is 21.3 Å². The first kappa shape index (κ1) is 20.4. The summed E-state index contributed by atoms with van der Waals surface area (Å²) in [7, 11) is -0.952. The Labute approximate surface area is 177 Å². The van der Waals surface area contributed by atoms with Gasteiger partial charge in [-0.05, 0) is 49.6 Å². The molecule has 1 saturated heterocycles. The molecule has 2 aromatic carbocycles. The van der Waals surface area contributed by atoms with Gasteiger partial charge in [-0.25, -0.2) is 4.68 Å². The number of hydrogen-bond acceptors (Lipinski definition) is 5. The lowest BCUT2D eigenvalue weighted by Crippen LogP contribution is -2.25. The molecule has 8 heteroatoms. The summed E-state index contributed by atoms with van der Waals surface area (Å²) in [6.07, 6.45) is 3.27. The lowest BCUT2D eigenvalue weighted by Gasteiger charge is -2.21. The minimum Gasteiger partial charge on any atom is -0.381 e. The smallest absolute Gasteiger partial charge is 0.277 e. The van der Waals surface area contributed by atoms with E-state index < -0.39 is 10.8 Å². The van der Waals surface area contributed by atoms with Gasteiger partial charge in [0.25, 0.3) is 5.91 Å². The van der Waals surface area contributed by atoms with Crippen molar-refractivity contribution in [3.05, 3.63) is 71.5 Å². The van der Waals surface area contributed by atoms with Gasteiger partial charge >= 0.3 is 0 Å². The van der Waals surface area contributed by atoms with E-state index in [-0.39, 0.29) is 16.9 Å². The first-order chi connectivity index (χ1) is 14.6. The van der Waals surface area contributed by atoms with Crippen LogP contribution in [0, 0.1) is 6.92 Å². The Bertz CT molecular complexity index is 1040. The molecule has 1 unspecified atom stereocenters. The summed E-state index contributed by atoms with van der Waals surface area (Å²) < 4.78 is 19.5. The third-order valence-electron chi connectivity index (χ3n) is 5.06. The molecule has 1 atom stereocenters. The predicted molar refractivity (Wildman–Crippen MR) is 116 cm³/mol. The predicted octanol–water partition coefficient (Wildman–Crippen LogP) is 3.26. The number of aryl methyl sites for hydroxylation is 1. The first-order valence-electron chi connectivity index (χ1n) is 9.93. The van der Waals surface area contributed by atoms with E-state index in [1.54, 1.807) is 10.9 Å². The molecule has 1 amide bonds. The average molecular weight is 425 g/mol. The zero-order valence-electron chi connectivity index (χ0n) is 16.8. The van der Waals surface area contributed by atoms with Crippen molar-refractivity contribution in [3.63, 3.8) is 0 Å². The van der Waals surface area contributed by atoms with Crippen molar-refractivity contribution >= 4 is 22.4 Å². The normalized spacial score (nSPS) is 15.6. The van der Waals surface area contributed by atoms with Crippen LogP contribution in [0.25, 0.3) is 5.69 Å². The Morgan fingerprint density at radius 1 is 1.20 bits per heavy atom. The number of carbonyl (C=O) groups excluding carboxylic acids is 1. The average Bonchev–Trinajstić information content (AvgIpc) is 3.26. The summed E-state index contributed by atoms with van der Waals surface area (Å²) in [5.41, 5.74) is 3.79. The van der Waals surface area contributed by atoms with Crippen molar-refractivity contribution in [3.8, 4) is 5.69 Å². The van der Waals surface area contributed by atoms with Crippen LogP contribution in [0.2, 0.25) is 0 Å². The Kier molecular flexibility index (Phi) is 6.35. The van der Waals surface area contributed by atoms with Gasteiger partial charge < -0.3 is 10.1 Å². The maximum atomic E-state index is 12.6. The van der Waals surface area contributed by atoms with Gasteiger partial charge in [-0.2, -0.15) is 0 Å². The van der Waals surface area contributed by atoms with Crippen LogP contribution in [0.5, 0.6) is 0 Å². The molecule has 0 bridgehead atoms. The lowest BCUT2D eigenvalue weighted by atomic mass is 10.2. The molecule has 3 aromatic rings. The summed E-state index contributed by atoms with van der Waals surface area (Å²) in [6, 6.07) is 15.3. The standard InChI is InChI=1S/C22H24N4O3S/c1-16-5-7-19(8-6-16)26-14-21(24-25-26)22(27)23-18-4-2-3-17(13-18)15-30(28)20-9-11-29-12-10-20/h2-8,13-14,20H,9-12,15H2,1H3,(H,23,27). The van der Waals surface area contributed by atoms with Crippen molar-refractivity contribution in [2.24, 2.45) is 0 Å². The van der Waals surface area contributed by atoms with Crippen LogP contribution in [0.3, 0.4) is 0 Å². The molecule has 1 aliphatic heterocycles. The monoisotopic (exact) mass is 424 g/mol. The van der Waals surface area contributed by atoms with Crippen molar-refractivity contribution < 1.29 is 13.7 Å². The first-order valence-corrected chi connectivity index (χ1v) is 11.3. The van der Waals surface area contributed by atoms with Crippen molar-refractivity contribution in [2.45, 2.75) is 30.8 Å². The summed E-state index contributed by atoms with van der Waals surface area (Å²) in [6.45, 7) is 3.36. The van der Waals surface area contributed by atoms with Crippen molar-refractivity contribution in [1.29, 1.82) is 0 Å². The second kappa shape index (κ2) is 9.32. The number of nitrogens with one attached hydrogen (secondary N) is 1. The Balaban J connectivity index is 1.40. The third kappa shape index (κ3) is 5.01. The quantitative estimate of drug-likeness (QED) is 0.656. The van der Waals surface area contributed by atoms with E-state index in [2.05, 4.69) is 15.6 Å². The van der Waals surface area contributed by atoms with Gasteiger partial charge in [-0.3, -0.25) is 9.00 Å². The molecule has 1 aliphatic rings. The minimum atomic E-state index is -0.952. The van der Waals surface area contributed by atoms with Gasteiger partial charge in [-0.1, -0.05) is 35.0 Å². The second-order valence-electron chi connectivity index (χ2n) is 7.38. The molecule has 156 valence electrons. The highest BCUT2D eigenvalue weighted by Crippen LogP contribution is 2.19. The van der Waals surface area contributed by atoms with E-state index in [0.717, 1.165) is 29.7 Å². The molecule has 0 radical (unpaired) electrons. The Morgan fingerprint density at radius 3 is 2.73 bits per heavy atom. The van der Waals surface area contributed by atoms with Crippen LogP contribution in [0.1, 0.15) is 34.5 Å². The summed E-state index contributed by atoms with van der Waals surface area (Å²) >= 11 is 0. The van der Waals surface area contributed by atoms with Crippen LogP contribution < -0.4 is 5.32 Å². The van der Waals surface area contributed by atoms with Crippen LogP contribution in [0.4, 0.5) is 5.69 Å². The number of benzene rings is 2. The van der Waals surface area contributed by atoms with E-state index in [0.29, 0.717) is 24.7 Å². The van der Waals surface area contributed by atoms with Gasteiger partial charge in [0.15, 0.2) is 5.69 Å². The van der Waals surface area contributed by atoms with E-state index in [1.165, 1.54) is 0 Å². The van der Waals surface area contributed by atoms with Gasteiger partial charge in [0.1, 0.15) is 0 Å². The van der Waals surface area contributed by atoms with E-state index >= 15 is 0 Å². The zero-order valence-corrected chi connectivity index (χ0v) is 17.6. The molecule has 2 heterocycles.